The molecule has 1 unspecified atom stereocenters. The second-order valence-electron chi connectivity index (χ2n) is 8.01. The predicted molar refractivity (Wildman–Crippen MR) is 80.3 cm³/mol. The van der Waals surface area contributed by atoms with Gasteiger partial charge in [0.15, 0.2) is 0 Å². The molecule has 0 saturated heterocycles. The van der Waals surface area contributed by atoms with E-state index in [1.165, 1.54) is 16.8 Å². The topological polar surface area (TPSA) is 12.0 Å². The summed E-state index contributed by atoms with van der Waals surface area (Å²) in [6, 6.07) is 6.93. The molecule has 1 aromatic rings. The number of benzene rings is 1. The molecular weight excluding hydrogens is 218 g/mol. The van der Waals surface area contributed by atoms with Crippen LogP contribution in [0, 0.1) is 5.41 Å². The van der Waals surface area contributed by atoms with Crippen molar-refractivity contribution < 1.29 is 0 Å². The lowest BCUT2D eigenvalue weighted by atomic mass is 9.73. The van der Waals surface area contributed by atoms with Crippen LogP contribution in [0.3, 0.4) is 0 Å². The second-order valence-corrected chi connectivity index (χ2v) is 8.01. The summed E-state index contributed by atoms with van der Waals surface area (Å²) >= 11 is 0. The first-order chi connectivity index (χ1) is 8.03. The van der Waals surface area contributed by atoms with E-state index >= 15 is 0 Å². The maximum Gasteiger partial charge on any atom is 0.0434 e. The molecule has 0 radical (unpaired) electrons. The summed E-state index contributed by atoms with van der Waals surface area (Å²) in [7, 11) is 0. The summed E-state index contributed by atoms with van der Waals surface area (Å²) in [6.07, 6.45) is 1.12. The van der Waals surface area contributed by atoms with Gasteiger partial charge in [0.25, 0.3) is 0 Å². The second kappa shape index (κ2) is 3.76. The van der Waals surface area contributed by atoms with Gasteiger partial charge < -0.3 is 5.32 Å². The summed E-state index contributed by atoms with van der Waals surface area (Å²) in [5, 5.41) is 3.76. The third-order valence-electron chi connectivity index (χ3n) is 4.59. The molecular formula is C17H27N. The van der Waals surface area contributed by atoms with E-state index in [2.05, 4.69) is 72.0 Å². The molecule has 2 rings (SSSR count). The van der Waals surface area contributed by atoms with Gasteiger partial charge in [0.2, 0.25) is 0 Å². The fourth-order valence-corrected chi connectivity index (χ4v) is 2.49. The van der Waals surface area contributed by atoms with Crippen LogP contribution in [-0.2, 0) is 11.8 Å². The van der Waals surface area contributed by atoms with E-state index in [-0.39, 0.29) is 16.4 Å². The lowest BCUT2D eigenvalue weighted by Gasteiger charge is -2.39. The Bertz CT molecular complexity index is 459. The molecule has 0 fully saturated rings. The zero-order chi connectivity index (χ0) is 13.8. The molecule has 100 valence electrons. The Kier molecular flexibility index (Phi) is 2.81. The molecule has 0 aliphatic carbocycles. The molecule has 1 aromatic carbocycles. The highest BCUT2D eigenvalue weighted by molar-refractivity contribution is 5.61. The number of anilines is 1. The monoisotopic (exact) mass is 245 g/mol. The van der Waals surface area contributed by atoms with E-state index in [4.69, 9.17) is 0 Å². The molecule has 1 atom stereocenters. The van der Waals surface area contributed by atoms with E-state index in [9.17, 15) is 0 Å². The molecule has 0 spiro atoms. The zero-order valence-corrected chi connectivity index (χ0v) is 12.9. The largest absolute Gasteiger partial charge is 0.379 e. The average molecular weight is 245 g/mol. The fourth-order valence-electron chi connectivity index (χ4n) is 2.49. The minimum atomic E-state index is 0.159. The van der Waals surface area contributed by atoms with E-state index in [1.807, 2.05) is 0 Å². The van der Waals surface area contributed by atoms with Crippen molar-refractivity contribution in [3.63, 3.8) is 0 Å². The molecule has 1 N–H and O–H groups in total. The van der Waals surface area contributed by atoms with Crippen molar-refractivity contribution in [1.82, 2.24) is 0 Å². The van der Waals surface area contributed by atoms with Crippen LogP contribution < -0.4 is 5.32 Å². The van der Waals surface area contributed by atoms with E-state index in [0.29, 0.717) is 0 Å². The molecule has 1 heteroatoms. The first-order valence-corrected chi connectivity index (χ1v) is 6.95. The number of hydrogen-bond acceptors (Lipinski definition) is 1. The minimum Gasteiger partial charge on any atom is -0.379 e. The maximum absolute atomic E-state index is 3.76. The molecule has 1 aliphatic heterocycles. The molecule has 1 aliphatic rings. The van der Waals surface area contributed by atoms with Gasteiger partial charge in [-0.1, -0.05) is 53.7 Å². The van der Waals surface area contributed by atoms with Crippen molar-refractivity contribution in [2.24, 2.45) is 5.41 Å². The van der Waals surface area contributed by atoms with Crippen molar-refractivity contribution in [2.45, 2.75) is 65.8 Å². The third kappa shape index (κ3) is 2.15. The standard InChI is InChI=1S/C17H27N/c1-15(2,3)13-9-8-12-11-17(7,16(4,5)6)18-14(12)10-13/h8-10,18H,11H2,1-7H3. The smallest absolute Gasteiger partial charge is 0.0434 e. The summed E-state index contributed by atoms with van der Waals surface area (Å²) in [5.74, 6) is 0. The van der Waals surface area contributed by atoms with Gasteiger partial charge in [-0.15, -0.1) is 0 Å². The van der Waals surface area contributed by atoms with Crippen LogP contribution >= 0.6 is 0 Å². The SMILES string of the molecule is CC(C)(C)c1ccc2c(c1)NC(C)(C(C)(C)C)C2. The molecule has 0 saturated carbocycles. The van der Waals surface area contributed by atoms with Crippen LogP contribution in [0.5, 0.6) is 0 Å². The molecule has 1 heterocycles. The van der Waals surface area contributed by atoms with Gasteiger partial charge in [0.05, 0.1) is 0 Å². The summed E-state index contributed by atoms with van der Waals surface area (Å²) < 4.78 is 0. The normalized spacial score (nSPS) is 23.7. The van der Waals surface area contributed by atoms with Crippen LogP contribution in [0.1, 0.15) is 59.6 Å². The van der Waals surface area contributed by atoms with Crippen molar-refractivity contribution in [2.75, 3.05) is 5.32 Å². The van der Waals surface area contributed by atoms with E-state index in [1.54, 1.807) is 0 Å². The Morgan fingerprint density at radius 2 is 1.67 bits per heavy atom. The highest BCUT2D eigenvalue weighted by Crippen LogP contribution is 2.43. The van der Waals surface area contributed by atoms with Crippen molar-refractivity contribution in [3.05, 3.63) is 29.3 Å². The van der Waals surface area contributed by atoms with Gasteiger partial charge >= 0.3 is 0 Å². The Hall–Kier alpha value is -0.980. The Morgan fingerprint density at radius 3 is 2.17 bits per heavy atom. The number of nitrogens with one attached hydrogen (secondary N) is 1. The van der Waals surface area contributed by atoms with Crippen LogP contribution in [0.4, 0.5) is 5.69 Å². The Balaban J connectivity index is 2.37. The van der Waals surface area contributed by atoms with Crippen LogP contribution in [0.15, 0.2) is 18.2 Å². The Labute approximate surface area is 112 Å². The first-order valence-electron chi connectivity index (χ1n) is 6.95. The molecule has 18 heavy (non-hydrogen) atoms. The highest BCUT2D eigenvalue weighted by Gasteiger charge is 2.42. The van der Waals surface area contributed by atoms with Gasteiger partial charge in [0.1, 0.15) is 0 Å². The zero-order valence-electron chi connectivity index (χ0n) is 12.9. The maximum atomic E-state index is 3.76. The molecule has 0 aromatic heterocycles. The van der Waals surface area contributed by atoms with Crippen molar-refractivity contribution in [1.29, 1.82) is 0 Å². The van der Waals surface area contributed by atoms with Gasteiger partial charge in [-0.05, 0) is 41.4 Å². The summed E-state index contributed by atoms with van der Waals surface area (Å²) in [5.41, 5.74) is 4.84. The van der Waals surface area contributed by atoms with Gasteiger partial charge in [-0.3, -0.25) is 0 Å². The van der Waals surface area contributed by atoms with E-state index in [0.717, 1.165) is 6.42 Å². The van der Waals surface area contributed by atoms with Crippen molar-refractivity contribution >= 4 is 5.69 Å². The fraction of sp³-hybridized carbons (Fsp3) is 0.647. The quantitative estimate of drug-likeness (QED) is 0.695. The Morgan fingerprint density at radius 1 is 1.06 bits per heavy atom. The van der Waals surface area contributed by atoms with Crippen molar-refractivity contribution in [3.8, 4) is 0 Å². The average Bonchev–Trinajstić information content (AvgIpc) is 2.51. The number of fused-ring (bicyclic) bond motifs is 1. The predicted octanol–water partition coefficient (Wildman–Crippen LogP) is 4.76. The highest BCUT2D eigenvalue weighted by atomic mass is 15.0. The van der Waals surface area contributed by atoms with Gasteiger partial charge in [0, 0.05) is 11.2 Å². The van der Waals surface area contributed by atoms with Gasteiger partial charge in [-0.2, -0.15) is 0 Å². The number of hydrogen-bond donors (Lipinski definition) is 1. The molecule has 1 nitrogen and oxygen atoms in total. The van der Waals surface area contributed by atoms with Gasteiger partial charge in [-0.25, -0.2) is 0 Å². The lowest BCUT2D eigenvalue weighted by Crippen LogP contribution is -2.45. The molecule has 0 amide bonds. The third-order valence-corrected chi connectivity index (χ3v) is 4.59. The summed E-state index contributed by atoms with van der Waals surface area (Å²) in [6.45, 7) is 16.1. The van der Waals surface area contributed by atoms with E-state index < -0.39 is 0 Å². The van der Waals surface area contributed by atoms with Crippen LogP contribution in [0.25, 0.3) is 0 Å². The van der Waals surface area contributed by atoms with Crippen LogP contribution in [-0.4, -0.2) is 5.54 Å². The minimum absolute atomic E-state index is 0.159. The lowest BCUT2D eigenvalue weighted by molar-refractivity contribution is 0.240. The van der Waals surface area contributed by atoms with Crippen LogP contribution in [0.2, 0.25) is 0 Å². The first kappa shape index (κ1) is 13.5. The summed E-state index contributed by atoms with van der Waals surface area (Å²) in [4.78, 5) is 0. The molecule has 0 bridgehead atoms. The number of rotatable bonds is 0.